The van der Waals surface area contributed by atoms with Gasteiger partial charge >= 0.3 is 0 Å². The van der Waals surface area contributed by atoms with Crippen LogP contribution in [0.5, 0.6) is 0 Å². The van der Waals surface area contributed by atoms with Gasteiger partial charge in [-0.2, -0.15) is 0 Å². The molecule has 4 heteroatoms. The maximum Gasteiger partial charge on any atom is 0.168 e. The second-order valence-corrected chi connectivity index (χ2v) is 7.15. The van der Waals surface area contributed by atoms with Crippen LogP contribution in [0.4, 0.5) is 5.69 Å². The van der Waals surface area contributed by atoms with Crippen molar-refractivity contribution in [2.45, 2.75) is 57.4 Å². The van der Waals surface area contributed by atoms with E-state index in [1.54, 1.807) is 0 Å². The lowest BCUT2D eigenvalue weighted by Crippen LogP contribution is -2.46. The van der Waals surface area contributed by atoms with Crippen molar-refractivity contribution in [3.63, 3.8) is 0 Å². The zero-order chi connectivity index (χ0) is 16.1. The predicted octanol–water partition coefficient (Wildman–Crippen LogP) is 3.40. The first-order valence-electron chi connectivity index (χ1n) is 9.00. The summed E-state index contributed by atoms with van der Waals surface area (Å²) >= 11 is 0. The van der Waals surface area contributed by atoms with Crippen molar-refractivity contribution in [1.82, 2.24) is 5.32 Å². The van der Waals surface area contributed by atoms with Gasteiger partial charge in [-0.25, -0.2) is 0 Å². The van der Waals surface area contributed by atoms with E-state index in [0.717, 1.165) is 45.4 Å². The largest absolute Gasteiger partial charge is 0.381 e. The second-order valence-electron chi connectivity index (χ2n) is 7.15. The zero-order valence-electron chi connectivity index (χ0n) is 14.4. The van der Waals surface area contributed by atoms with E-state index in [0.29, 0.717) is 18.0 Å². The molecule has 0 aromatic heterocycles. The van der Waals surface area contributed by atoms with Crippen LogP contribution in [0.3, 0.4) is 0 Å². The summed E-state index contributed by atoms with van der Waals surface area (Å²) in [6, 6.07) is 11.5. The number of anilines is 1. The number of hydrogen-bond acceptors (Lipinski definition) is 4. The van der Waals surface area contributed by atoms with Gasteiger partial charge in [-0.15, -0.1) is 0 Å². The minimum atomic E-state index is -0.252. The van der Waals surface area contributed by atoms with Gasteiger partial charge in [0.15, 0.2) is 5.79 Å². The third-order valence-corrected chi connectivity index (χ3v) is 5.12. The first-order valence-corrected chi connectivity index (χ1v) is 9.00. The van der Waals surface area contributed by atoms with E-state index in [4.69, 9.17) is 9.47 Å². The smallest absolute Gasteiger partial charge is 0.168 e. The van der Waals surface area contributed by atoms with E-state index in [9.17, 15) is 0 Å². The standard InChI is InChI=1S/C19H30N2O2/c1-15(2)18(21-17-6-4-3-5-7-17)14-20-16-8-10-19(11-9-16)22-12-13-23-19/h3-7,15-16,18,20-21H,8-14H2,1-2H3/t18-/m0/s1. The molecule has 1 saturated carbocycles. The molecule has 1 saturated heterocycles. The molecule has 0 amide bonds. The van der Waals surface area contributed by atoms with E-state index in [-0.39, 0.29) is 5.79 Å². The summed E-state index contributed by atoms with van der Waals surface area (Å²) in [5.74, 6) is 0.330. The molecule has 0 radical (unpaired) electrons. The Labute approximate surface area is 139 Å². The van der Waals surface area contributed by atoms with Crippen LogP contribution in [0.1, 0.15) is 39.5 Å². The fourth-order valence-electron chi connectivity index (χ4n) is 3.54. The molecule has 2 N–H and O–H groups in total. The summed E-state index contributed by atoms with van der Waals surface area (Å²) in [5.41, 5.74) is 1.20. The van der Waals surface area contributed by atoms with Crippen molar-refractivity contribution < 1.29 is 9.47 Å². The average molecular weight is 318 g/mol. The highest BCUT2D eigenvalue weighted by atomic mass is 16.7. The van der Waals surface area contributed by atoms with Gasteiger partial charge in [0.2, 0.25) is 0 Å². The molecule has 2 fully saturated rings. The van der Waals surface area contributed by atoms with E-state index in [1.807, 2.05) is 0 Å². The highest BCUT2D eigenvalue weighted by Gasteiger charge is 2.40. The van der Waals surface area contributed by atoms with Gasteiger partial charge in [-0.05, 0) is 30.9 Å². The van der Waals surface area contributed by atoms with Crippen LogP contribution in [-0.2, 0) is 9.47 Å². The van der Waals surface area contributed by atoms with Gasteiger partial charge < -0.3 is 20.1 Å². The van der Waals surface area contributed by atoms with Crippen LogP contribution in [0, 0.1) is 5.92 Å². The Balaban J connectivity index is 1.46. The molecule has 1 atom stereocenters. The number of benzene rings is 1. The van der Waals surface area contributed by atoms with Crippen molar-refractivity contribution >= 4 is 5.69 Å². The van der Waals surface area contributed by atoms with Gasteiger partial charge in [0.25, 0.3) is 0 Å². The lowest BCUT2D eigenvalue weighted by molar-refractivity contribution is -0.179. The van der Waals surface area contributed by atoms with E-state index >= 15 is 0 Å². The fraction of sp³-hybridized carbons (Fsp3) is 0.684. The summed E-state index contributed by atoms with van der Waals surface area (Å²) in [6.45, 7) is 7.06. The Bertz CT molecular complexity index is 462. The lowest BCUT2D eigenvalue weighted by atomic mass is 9.89. The summed E-state index contributed by atoms with van der Waals surface area (Å²) in [6.07, 6.45) is 4.30. The summed E-state index contributed by atoms with van der Waals surface area (Å²) < 4.78 is 11.6. The predicted molar refractivity (Wildman–Crippen MR) is 93.6 cm³/mol. The number of ether oxygens (including phenoxy) is 2. The fourth-order valence-corrected chi connectivity index (χ4v) is 3.54. The maximum absolute atomic E-state index is 5.81. The van der Waals surface area contributed by atoms with Crippen LogP contribution in [-0.4, -0.2) is 37.6 Å². The van der Waals surface area contributed by atoms with Crippen molar-refractivity contribution in [3.05, 3.63) is 30.3 Å². The normalized spacial score (nSPS) is 22.6. The van der Waals surface area contributed by atoms with Crippen molar-refractivity contribution in [2.24, 2.45) is 5.92 Å². The Morgan fingerprint density at radius 2 is 1.74 bits per heavy atom. The maximum atomic E-state index is 5.81. The van der Waals surface area contributed by atoms with E-state index < -0.39 is 0 Å². The summed E-state index contributed by atoms with van der Waals surface area (Å²) in [7, 11) is 0. The number of rotatable bonds is 6. The van der Waals surface area contributed by atoms with Crippen LogP contribution < -0.4 is 10.6 Å². The van der Waals surface area contributed by atoms with Crippen LogP contribution in [0.15, 0.2) is 30.3 Å². The third kappa shape index (κ3) is 4.46. The van der Waals surface area contributed by atoms with Gasteiger partial charge in [0, 0.05) is 37.2 Å². The minimum absolute atomic E-state index is 0.252. The van der Waals surface area contributed by atoms with Crippen LogP contribution in [0.2, 0.25) is 0 Å². The Hall–Kier alpha value is -1.10. The number of hydrogen-bond donors (Lipinski definition) is 2. The molecule has 1 aromatic rings. The molecule has 0 unspecified atom stereocenters. The monoisotopic (exact) mass is 318 g/mol. The van der Waals surface area contributed by atoms with Gasteiger partial charge in [0.1, 0.15) is 0 Å². The SMILES string of the molecule is CC(C)[C@H](CNC1CCC2(CC1)OCCO2)Nc1ccccc1. The summed E-state index contributed by atoms with van der Waals surface area (Å²) in [5, 5.41) is 7.41. The third-order valence-electron chi connectivity index (χ3n) is 5.12. The lowest BCUT2D eigenvalue weighted by Gasteiger charge is -2.36. The van der Waals surface area contributed by atoms with Gasteiger partial charge in [0.05, 0.1) is 13.2 Å². The Kier molecular flexibility index (Phi) is 5.57. The van der Waals surface area contributed by atoms with Crippen molar-refractivity contribution in [2.75, 3.05) is 25.1 Å². The molecule has 1 spiro atoms. The molecule has 4 nitrogen and oxygen atoms in total. The van der Waals surface area contributed by atoms with Crippen LogP contribution in [0.25, 0.3) is 0 Å². The highest BCUT2D eigenvalue weighted by molar-refractivity contribution is 5.43. The van der Waals surface area contributed by atoms with Crippen LogP contribution >= 0.6 is 0 Å². The molecular weight excluding hydrogens is 288 g/mol. The number of para-hydroxylation sites is 1. The highest BCUT2D eigenvalue weighted by Crippen LogP contribution is 2.35. The summed E-state index contributed by atoms with van der Waals surface area (Å²) in [4.78, 5) is 0. The topological polar surface area (TPSA) is 42.5 Å². The van der Waals surface area contributed by atoms with E-state index in [1.165, 1.54) is 5.69 Å². The first-order chi connectivity index (χ1) is 11.2. The molecule has 0 bridgehead atoms. The Morgan fingerprint density at radius 1 is 1.09 bits per heavy atom. The molecular formula is C19H30N2O2. The van der Waals surface area contributed by atoms with Crippen molar-refractivity contribution in [3.8, 4) is 0 Å². The van der Waals surface area contributed by atoms with Gasteiger partial charge in [-0.3, -0.25) is 0 Å². The number of nitrogens with one attached hydrogen (secondary N) is 2. The second kappa shape index (κ2) is 7.65. The van der Waals surface area contributed by atoms with Gasteiger partial charge in [-0.1, -0.05) is 32.0 Å². The molecule has 128 valence electrons. The minimum Gasteiger partial charge on any atom is -0.381 e. The average Bonchev–Trinajstić information content (AvgIpc) is 3.02. The van der Waals surface area contributed by atoms with Crippen molar-refractivity contribution in [1.29, 1.82) is 0 Å². The molecule has 3 rings (SSSR count). The van der Waals surface area contributed by atoms with E-state index in [2.05, 4.69) is 54.8 Å². The zero-order valence-corrected chi connectivity index (χ0v) is 14.4. The molecule has 23 heavy (non-hydrogen) atoms. The first kappa shape index (κ1) is 16.7. The molecule has 1 aliphatic carbocycles. The molecule has 1 aliphatic heterocycles. The quantitative estimate of drug-likeness (QED) is 0.843. The molecule has 2 aliphatic rings. The molecule has 1 aromatic carbocycles. The Morgan fingerprint density at radius 3 is 2.35 bits per heavy atom. The molecule has 1 heterocycles.